The number of para-hydroxylation sites is 1. The molecule has 0 saturated heterocycles. The number of benzene rings is 8. The van der Waals surface area contributed by atoms with E-state index < -0.39 is 0 Å². The lowest BCUT2D eigenvalue weighted by Gasteiger charge is -2.15. The number of hydrogen-bond acceptors (Lipinski definition) is 3. The summed E-state index contributed by atoms with van der Waals surface area (Å²) in [5.41, 5.74) is 6.27. The predicted molar refractivity (Wildman–Crippen MR) is 203 cm³/mol. The maximum Gasteiger partial charge on any atom is 0.164 e. The molecule has 0 fully saturated rings. The van der Waals surface area contributed by atoms with Gasteiger partial charge in [-0.3, -0.25) is 0 Å². The van der Waals surface area contributed by atoms with Gasteiger partial charge in [0, 0.05) is 32.8 Å². The molecule has 4 heteroatoms. The largest absolute Gasteiger partial charge is 0.309 e. The third kappa shape index (κ3) is 4.49. The van der Waals surface area contributed by atoms with Gasteiger partial charge in [-0.1, -0.05) is 140 Å². The summed E-state index contributed by atoms with van der Waals surface area (Å²) >= 11 is 0. The third-order valence-corrected chi connectivity index (χ3v) is 9.58. The van der Waals surface area contributed by atoms with Crippen LogP contribution in [-0.4, -0.2) is 19.5 Å². The van der Waals surface area contributed by atoms with E-state index in [-0.39, 0.29) is 0 Å². The van der Waals surface area contributed by atoms with Crippen molar-refractivity contribution in [3.8, 4) is 39.9 Å². The molecule has 0 N–H and O–H groups in total. The van der Waals surface area contributed by atoms with Gasteiger partial charge in [-0.2, -0.15) is 0 Å². The fraction of sp³-hybridized carbons (Fsp3) is 0. The molecule has 0 unspecified atom stereocenters. The predicted octanol–water partition coefficient (Wildman–Crippen LogP) is 11.4. The van der Waals surface area contributed by atoms with Crippen LogP contribution in [-0.2, 0) is 0 Å². The molecule has 0 aliphatic carbocycles. The third-order valence-electron chi connectivity index (χ3n) is 9.58. The van der Waals surface area contributed by atoms with Crippen LogP contribution in [0.15, 0.2) is 170 Å². The van der Waals surface area contributed by atoms with Crippen molar-refractivity contribution in [3.63, 3.8) is 0 Å². The molecule has 2 aromatic heterocycles. The first-order chi connectivity index (χ1) is 24.3. The lowest BCUT2D eigenvalue weighted by Crippen LogP contribution is -2.02. The van der Waals surface area contributed by atoms with E-state index in [9.17, 15) is 0 Å². The second-order valence-electron chi connectivity index (χ2n) is 12.5. The minimum Gasteiger partial charge on any atom is -0.309 e. The highest BCUT2D eigenvalue weighted by atomic mass is 15.0. The highest BCUT2D eigenvalue weighted by Gasteiger charge is 2.19. The lowest BCUT2D eigenvalue weighted by molar-refractivity contribution is 1.07. The Balaban J connectivity index is 1.28. The zero-order chi connectivity index (χ0) is 32.3. The van der Waals surface area contributed by atoms with E-state index in [0.717, 1.165) is 49.4 Å². The van der Waals surface area contributed by atoms with Crippen LogP contribution < -0.4 is 0 Å². The fourth-order valence-electron chi connectivity index (χ4n) is 7.28. The van der Waals surface area contributed by atoms with Gasteiger partial charge in [-0.15, -0.1) is 0 Å². The van der Waals surface area contributed by atoms with Crippen LogP contribution >= 0.6 is 0 Å². The average Bonchev–Trinajstić information content (AvgIpc) is 3.49. The summed E-state index contributed by atoms with van der Waals surface area (Å²) in [5.74, 6) is 1.93. The highest BCUT2D eigenvalue weighted by Crippen LogP contribution is 2.39. The molecule has 0 amide bonds. The van der Waals surface area contributed by atoms with Crippen LogP contribution in [0.5, 0.6) is 0 Å². The van der Waals surface area contributed by atoms with Gasteiger partial charge in [0.05, 0.1) is 16.7 Å². The highest BCUT2D eigenvalue weighted by molar-refractivity contribution is 6.14. The maximum atomic E-state index is 5.21. The van der Waals surface area contributed by atoms with E-state index in [2.05, 4.69) is 156 Å². The van der Waals surface area contributed by atoms with Crippen molar-refractivity contribution in [2.24, 2.45) is 0 Å². The van der Waals surface area contributed by atoms with Crippen LogP contribution in [0, 0.1) is 0 Å². The zero-order valence-electron chi connectivity index (χ0n) is 26.5. The molecule has 0 aliphatic rings. The number of aromatic nitrogens is 4. The van der Waals surface area contributed by atoms with Gasteiger partial charge in [0.2, 0.25) is 0 Å². The van der Waals surface area contributed by atoms with E-state index >= 15 is 0 Å². The Bertz CT molecular complexity index is 2880. The minimum absolute atomic E-state index is 0.634. The van der Waals surface area contributed by atoms with Gasteiger partial charge in [0.15, 0.2) is 17.5 Å². The number of hydrogen-bond donors (Lipinski definition) is 0. The summed E-state index contributed by atoms with van der Waals surface area (Å²) in [6, 6.07) is 59.9. The Kier molecular flexibility index (Phi) is 6.15. The van der Waals surface area contributed by atoms with Gasteiger partial charge in [0.1, 0.15) is 0 Å². The summed E-state index contributed by atoms with van der Waals surface area (Å²) in [6.07, 6.45) is 0. The van der Waals surface area contributed by atoms with Gasteiger partial charge < -0.3 is 4.57 Å². The molecule has 0 bridgehead atoms. The van der Waals surface area contributed by atoms with Crippen LogP contribution in [0.2, 0.25) is 0 Å². The summed E-state index contributed by atoms with van der Waals surface area (Å²) in [7, 11) is 0. The molecular weight excluding hydrogens is 597 g/mol. The van der Waals surface area contributed by atoms with Crippen molar-refractivity contribution in [2.75, 3.05) is 0 Å². The molecule has 2 heterocycles. The van der Waals surface area contributed by atoms with Crippen LogP contribution in [0.4, 0.5) is 0 Å². The smallest absolute Gasteiger partial charge is 0.164 e. The summed E-state index contributed by atoms with van der Waals surface area (Å²) < 4.78 is 2.41. The Hall–Kier alpha value is -6.65. The van der Waals surface area contributed by atoms with E-state index in [4.69, 9.17) is 15.0 Å². The van der Waals surface area contributed by atoms with Crippen molar-refractivity contribution in [3.05, 3.63) is 170 Å². The van der Waals surface area contributed by atoms with Crippen LogP contribution in [0.25, 0.3) is 94.0 Å². The van der Waals surface area contributed by atoms with Gasteiger partial charge in [-0.25, -0.2) is 15.0 Å². The standard InChI is InChI=1S/C45H28N4/c1-2-14-30(15-3-1)43-46-44(48-45(47-43)38-23-12-19-29-13-6-8-20-35(29)38)34-25-33-18-7-9-21-36(33)41(28-34)49-40-24-11-10-22-37(40)39-26-31-16-4-5-17-32(31)27-42(39)49/h1-28H. The van der Waals surface area contributed by atoms with Gasteiger partial charge in [-0.05, 0) is 57.3 Å². The Morgan fingerprint density at radius 3 is 1.73 bits per heavy atom. The monoisotopic (exact) mass is 624 g/mol. The molecule has 4 nitrogen and oxygen atoms in total. The maximum absolute atomic E-state index is 5.21. The summed E-state index contributed by atoms with van der Waals surface area (Å²) in [6.45, 7) is 0. The Morgan fingerprint density at radius 1 is 0.327 bits per heavy atom. The second kappa shape index (κ2) is 11.0. The normalized spacial score (nSPS) is 11.7. The lowest BCUT2D eigenvalue weighted by atomic mass is 10.0. The molecule has 0 spiro atoms. The van der Waals surface area contributed by atoms with Crippen LogP contribution in [0.3, 0.4) is 0 Å². The van der Waals surface area contributed by atoms with E-state index in [1.165, 1.54) is 27.1 Å². The molecule has 10 aromatic rings. The van der Waals surface area contributed by atoms with E-state index in [1.807, 2.05) is 18.2 Å². The molecular formula is C45H28N4. The first-order valence-electron chi connectivity index (χ1n) is 16.5. The van der Waals surface area contributed by atoms with Crippen molar-refractivity contribution >= 4 is 54.1 Å². The van der Waals surface area contributed by atoms with Crippen molar-refractivity contribution < 1.29 is 0 Å². The average molecular weight is 625 g/mol. The summed E-state index contributed by atoms with van der Waals surface area (Å²) in [4.78, 5) is 15.4. The molecule has 228 valence electrons. The number of fused-ring (bicyclic) bond motifs is 6. The zero-order valence-corrected chi connectivity index (χ0v) is 26.5. The molecule has 10 rings (SSSR count). The number of rotatable bonds is 4. The number of nitrogens with zero attached hydrogens (tertiary/aromatic N) is 4. The van der Waals surface area contributed by atoms with Gasteiger partial charge in [0.25, 0.3) is 0 Å². The van der Waals surface area contributed by atoms with E-state index in [0.29, 0.717) is 17.5 Å². The molecule has 49 heavy (non-hydrogen) atoms. The second-order valence-corrected chi connectivity index (χ2v) is 12.5. The first-order valence-corrected chi connectivity index (χ1v) is 16.5. The minimum atomic E-state index is 0.634. The quantitative estimate of drug-likeness (QED) is 0.196. The van der Waals surface area contributed by atoms with E-state index in [1.54, 1.807) is 0 Å². The molecule has 0 atom stereocenters. The van der Waals surface area contributed by atoms with Crippen molar-refractivity contribution in [2.45, 2.75) is 0 Å². The molecule has 0 radical (unpaired) electrons. The summed E-state index contributed by atoms with van der Waals surface area (Å²) in [5, 5.41) is 9.44. The topological polar surface area (TPSA) is 43.6 Å². The Labute approximate surface area is 282 Å². The SMILES string of the molecule is c1ccc(-c2nc(-c3cc(-n4c5ccccc5c5cc6ccccc6cc54)c4ccccc4c3)nc(-c3cccc4ccccc34)n2)cc1. The first kappa shape index (κ1) is 27.5. The van der Waals surface area contributed by atoms with Crippen LogP contribution in [0.1, 0.15) is 0 Å². The Morgan fingerprint density at radius 2 is 0.918 bits per heavy atom. The molecule has 0 saturated carbocycles. The fourth-order valence-corrected chi connectivity index (χ4v) is 7.28. The molecule has 8 aromatic carbocycles. The van der Waals surface area contributed by atoms with Crippen molar-refractivity contribution in [1.29, 1.82) is 0 Å². The molecule has 0 aliphatic heterocycles. The van der Waals surface area contributed by atoms with Crippen molar-refractivity contribution in [1.82, 2.24) is 19.5 Å². The van der Waals surface area contributed by atoms with Gasteiger partial charge >= 0.3 is 0 Å².